The van der Waals surface area contributed by atoms with Crippen LogP contribution in [-0.2, 0) is 4.74 Å². The highest BCUT2D eigenvalue weighted by Gasteiger charge is 2.29. The van der Waals surface area contributed by atoms with Gasteiger partial charge in [0.15, 0.2) is 0 Å². The number of hydrogen-bond donors (Lipinski definition) is 1. The number of nitrogens with one attached hydrogen (secondary N) is 1. The van der Waals surface area contributed by atoms with E-state index in [1.165, 1.54) is 96.7 Å². The Bertz CT molecular complexity index is 644. The topological polar surface area (TPSA) is 47.6 Å². The lowest BCUT2D eigenvalue weighted by molar-refractivity contribution is -0.932. The van der Waals surface area contributed by atoms with Gasteiger partial charge >= 0.3 is 6.09 Å². The maximum atomic E-state index is 12.5. The summed E-state index contributed by atoms with van der Waals surface area (Å²) in [5, 5.41) is 2.90. The number of benzene rings is 1. The first kappa shape index (κ1) is 27.5. The Morgan fingerprint density at radius 2 is 1.48 bits per heavy atom. The van der Waals surface area contributed by atoms with Gasteiger partial charge in [-0.05, 0) is 50.7 Å². The highest BCUT2D eigenvalue weighted by atomic mass is 16.5. The number of nitrogens with zero attached hydrogens (tertiary/aromatic N) is 1. The second-order valence-electron chi connectivity index (χ2n) is 9.73. The molecule has 0 aromatic heterocycles. The predicted octanol–water partition coefficient (Wildman–Crippen LogP) is 7.56. The zero-order chi connectivity index (χ0) is 23.6. The molecule has 0 aliphatic carbocycles. The zero-order valence-electron chi connectivity index (χ0n) is 21.4. The van der Waals surface area contributed by atoms with Gasteiger partial charge in [-0.25, -0.2) is 4.79 Å². The fourth-order valence-electron chi connectivity index (χ4n) is 4.85. The molecule has 33 heavy (non-hydrogen) atoms. The van der Waals surface area contributed by atoms with E-state index < -0.39 is 0 Å². The second kappa shape index (κ2) is 16.8. The first-order valence-electron chi connectivity index (χ1n) is 13.7. The van der Waals surface area contributed by atoms with Crippen LogP contribution in [0.5, 0.6) is 5.75 Å². The molecular weight excluding hydrogens is 412 g/mol. The maximum absolute atomic E-state index is 12.5. The van der Waals surface area contributed by atoms with Gasteiger partial charge in [0, 0.05) is 0 Å². The predicted molar refractivity (Wildman–Crippen MR) is 138 cm³/mol. The van der Waals surface area contributed by atoms with E-state index in [9.17, 15) is 4.79 Å². The van der Waals surface area contributed by atoms with Crippen LogP contribution in [0.4, 0.5) is 10.5 Å². The number of likely N-dealkylation sites (tertiary alicyclic amines) is 1. The smallest absolute Gasteiger partial charge is 0.411 e. The van der Waals surface area contributed by atoms with Crippen LogP contribution in [0.25, 0.3) is 0 Å². The summed E-state index contributed by atoms with van der Waals surface area (Å²) in [6.45, 7) is 10.2. The molecule has 5 nitrogen and oxygen atoms in total. The molecule has 1 aromatic carbocycles. The number of carbonyl (C=O) groups is 1. The van der Waals surface area contributed by atoms with Crippen LogP contribution in [0, 0.1) is 0 Å². The number of quaternary nitrogens is 1. The molecule has 5 heteroatoms. The van der Waals surface area contributed by atoms with Crippen LogP contribution < -0.4 is 10.1 Å². The fourth-order valence-corrected chi connectivity index (χ4v) is 4.85. The Labute approximate surface area is 202 Å². The summed E-state index contributed by atoms with van der Waals surface area (Å²) >= 11 is 0. The van der Waals surface area contributed by atoms with Crippen LogP contribution in [0.15, 0.2) is 24.3 Å². The van der Waals surface area contributed by atoms with E-state index >= 15 is 0 Å². The summed E-state index contributed by atoms with van der Waals surface area (Å²) in [4.78, 5) is 12.5. The number of carbonyl (C=O) groups excluding carboxylic acids is 1. The molecule has 0 radical (unpaired) electrons. The Kier molecular flexibility index (Phi) is 14.0. The lowest BCUT2D eigenvalue weighted by atomic mass is 10.1. The van der Waals surface area contributed by atoms with Gasteiger partial charge in [-0.2, -0.15) is 0 Å². The van der Waals surface area contributed by atoms with Crippen molar-refractivity contribution in [2.75, 3.05) is 44.7 Å². The molecule has 0 bridgehead atoms. The van der Waals surface area contributed by atoms with Gasteiger partial charge in [-0.3, -0.25) is 5.32 Å². The number of piperidine rings is 1. The van der Waals surface area contributed by atoms with Crippen molar-refractivity contribution in [3.8, 4) is 5.75 Å². The Morgan fingerprint density at radius 3 is 2.21 bits per heavy atom. The molecule has 2 rings (SSSR count). The molecule has 0 unspecified atom stereocenters. The molecule has 1 heterocycles. The van der Waals surface area contributed by atoms with E-state index in [-0.39, 0.29) is 6.09 Å². The Balaban J connectivity index is 1.74. The van der Waals surface area contributed by atoms with Crippen molar-refractivity contribution in [1.29, 1.82) is 0 Å². The maximum Gasteiger partial charge on any atom is 0.411 e. The summed E-state index contributed by atoms with van der Waals surface area (Å²) < 4.78 is 12.7. The molecule has 1 fully saturated rings. The van der Waals surface area contributed by atoms with Crippen molar-refractivity contribution < 1.29 is 18.8 Å². The average Bonchev–Trinajstić information content (AvgIpc) is 2.83. The fraction of sp³-hybridized carbons (Fsp3) is 0.750. The first-order valence-corrected chi connectivity index (χ1v) is 13.7. The van der Waals surface area contributed by atoms with Gasteiger partial charge < -0.3 is 14.0 Å². The Morgan fingerprint density at radius 1 is 0.818 bits per heavy atom. The number of para-hydroxylation sites is 2. The minimum atomic E-state index is -0.382. The van der Waals surface area contributed by atoms with Crippen molar-refractivity contribution in [2.24, 2.45) is 0 Å². The number of anilines is 1. The third-order valence-corrected chi connectivity index (χ3v) is 6.93. The van der Waals surface area contributed by atoms with Gasteiger partial charge in [0.25, 0.3) is 0 Å². The summed E-state index contributed by atoms with van der Waals surface area (Å²) in [6, 6.07) is 7.64. The third kappa shape index (κ3) is 11.3. The van der Waals surface area contributed by atoms with E-state index in [0.717, 1.165) is 23.2 Å². The van der Waals surface area contributed by atoms with Gasteiger partial charge in [0.1, 0.15) is 18.9 Å². The molecular formula is C28H49N2O3+. The van der Waals surface area contributed by atoms with Crippen molar-refractivity contribution >= 4 is 11.8 Å². The van der Waals surface area contributed by atoms with Crippen molar-refractivity contribution in [3.63, 3.8) is 0 Å². The van der Waals surface area contributed by atoms with Gasteiger partial charge in [-0.1, -0.05) is 70.9 Å². The quantitative estimate of drug-likeness (QED) is 0.192. The van der Waals surface area contributed by atoms with E-state index in [1.54, 1.807) is 0 Å². The molecule has 1 amide bonds. The highest BCUT2D eigenvalue weighted by Crippen LogP contribution is 2.25. The lowest BCUT2D eigenvalue weighted by Gasteiger charge is -2.41. The van der Waals surface area contributed by atoms with Crippen LogP contribution in [0.2, 0.25) is 0 Å². The number of rotatable bonds is 17. The third-order valence-electron chi connectivity index (χ3n) is 6.93. The monoisotopic (exact) mass is 461 g/mol. The molecule has 1 aliphatic heterocycles. The molecule has 0 atom stereocenters. The van der Waals surface area contributed by atoms with Gasteiger partial charge in [-0.15, -0.1) is 0 Å². The van der Waals surface area contributed by atoms with Crippen LogP contribution in [-0.4, -0.2) is 50.0 Å². The average molecular weight is 462 g/mol. The van der Waals surface area contributed by atoms with E-state index in [1.807, 2.05) is 24.3 Å². The summed E-state index contributed by atoms with van der Waals surface area (Å²) in [5.41, 5.74) is 0.689. The number of ether oxygens (including phenoxy) is 2. The second-order valence-corrected chi connectivity index (χ2v) is 9.73. The van der Waals surface area contributed by atoms with Crippen LogP contribution in [0.3, 0.4) is 0 Å². The van der Waals surface area contributed by atoms with E-state index in [0.29, 0.717) is 18.9 Å². The minimum absolute atomic E-state index is 0.382. The van der Waals surface area contributed by atoms with E-state index in [2.05, 4.69) is 19.2 Å². The van der Waals surface area contributed by atoms with Crippen LogP contribution in [0.1, 0.15) is 97.3 Å². The van der Waals surface area contributed by atoms with Crippen molar-refractivity contribution in [3.05, 3.63) is 24.3 Å². The first-order chi connectivity index (χ1) is 16.2. The molecule has 0 spiro atoms. The standard InChI is InChI=1S/C28H48N2O3/c1-3-5-7-9-14-20-30(21-15-11-16-22-30)23-25-33-28(31)29-26-18-12-13-19-27(26)32-24-17-10-8-6-4-2/h12-13,18-19H,3-11,14-17,20-25H2,1-2H3/p+1. The molecule has 1 aromatic rings. The summed E-state index contributed by atoms with van der Waals surface area (Å²) in [7, 11) is 0. The molecule has 188 valence electrons. The van der Waals surface area contributed by atoms with Crippen LogP contribution >= 0.6 is 0 Å². The number of hydrogen-bond acceptors (Lipinski definition) is 3. The largest absolute Gasteiger partial charge is 0.491 e. The van der Waals surface area contributed by atoms with E-state index in [4.69, 9.17) is 9.47 Å². The number of amides is 1. The molecule has 1 N–H and O–H groups in total. The van der Waals surface area contributed by atoms with Gasteiger partial charge in [0.05, 0.1) is 31.9 Å². The number of unbranched alkanes of at least 4 members (excludes halogenated alkanes) is 8. The molecule has 0 saturated carbocycles. The molecule has 1 aliphatic rings. The normalized spacial score (nSPS) is 15.2. The van der Waals surface area contributed by atoms with Crippen molar-refractivity contribution in [1.82, 2.24) is 0 Å². The minimum Gasteiger partial charge on any atom is -0.491 e. The summed E-state index contributed by atoms with van der Waals surface area (Å²) in [5.74, 6) is 0.719. The summed E-state index contributed by atoms with van der Waals surface area (Å²) in [6.07, 6.45) is 16.1. The molecule has 1 saturated heterocycles. The zero-order valence-corrected chi connectivity index (χ0v) is 21.4. The SMILES string of the molecule is CCCCCCCOc1ccccc1NC(=O)OCC[N+]1(CCCCCCC)CCCCC1. The highest BCUT2D eigenvalue weighted by molar-refractivity contribution is 5.86. The van der Waals surface area contributed by atoms with Crippen molar-refractivity contribution in [2.45, 2.75) is 97.3 Å². The lowest BCUT2D eigenvalue weighted by Crippen LogP contribution is -2.54. The van der Waals surface area contributed by atoms with Gasteiger partial charge in [0.2, 0.25) is 0 Å². The Hall–Kier alpha value is -1.75.